The molecule has 0 unspecified atom stereocenters. The predicted octanol–water partition coefficient (Wildman–Crippen LogP) is 3.57. The molecule has 0 saturated heterocycles. The minimum Gasteiger partial charge on any atom is -0.390 e. The van der Waals surface area contributed by atoms with Gasteiger partial charge >= 0.3 is 0 Å². The molecule has 3 nitrogen and oxygen atoms in total. The maximum Gasteiger partial charge on any atom is 0.120 e. The van der Waals surface area contributed by atoms with Crippen molar-refractivity contribution in [2.24, 2.45) is 40.4 Å². The van der Waals surface area contributed by atoms with Crippen LogP contribution in [0.1, 0.15) is 71.6 Å². The first-order valence-corrected chi connectivity index (χ1v) is 10.2. The molecule has 0 aromatic rings. The first-order valence-electron chi connectivity index (χ1n) is 10.2. The minimum atomic E-state index is -0.524. The van der Waals surface area contributed by atoms with Crippen LogP contribution in [0.4, 0.5) is 0 Å². The van der Waals surface area contributed by atoms with Gasteiger partial charge in [-0.05, 0) is 91.8 Å². The smallest absolute Gasteiger partial charge is 0.120 e. The average molecular weight is 335 g/mol. The molecule has 0 radical (unpaired) electrons. The molecule has 0 aliphatic heterocycles. The van der Waals surface area contributed by atoms with E-state index in [0.29, 0.717) is 17.3 Å². The van der Waals surface area contributed by atoms with E-state index in [1.807, 2.05) is 0 Å². The zero-order valence-electron chi connectivity index (χ0n) is 15.3. The molecular weight excluding hydrogens is 300 g/mol. The molecule has 4 aliphatic rings. The second-order valence-corrected chi connectivity index (χ2v) is 9.88. The van der Waals surface area contributed by atoms with Crippen LogP contribution in [0.15, 0.2) is 0 Å². The predicted molar refractivity (Wildman–Crippen MR) is 93.3 cm³/mol. The Morgan fingerprint density at radius 1 is 0.875 bits per heavy atom. The van der Waals surface area contributed by atoms with Gasteiger partial charge in [-0.1, -0.05) is 13.8 Å². The van der Waals surface area contributed by atoms with Gasteiger partial charge in [-0.3, -0.25) is 0 Å². The lowest BCUT2D eigenvalue weighted by atomic mass is 9.44. The fourth-order valence-corrected chi connectivity index (χ4v) is 7.93. The van der Waals surface area contributed by atoms with Crippen molar-refractivity contribution in [1.82, 2.24) is 0 Å². The van der Waals surface area contributed by atoms with Crippen molar-refractivity contribution in [3.63, 3.8) is 0 Å². The zero-order chi connectivity index (χ0) is 17.1. The number of hydrogen-bond acceptors (Lipinski definition) is 3. The van der Waals surface area contributed by atoms with Gasteiger partial charge in [-0.25, -0.2) is 0 Å². The fourth-order valence-electron chi connectivity index (χ4n) is 7.93. The highest BCUT2D eigenvalue weighted by Crippen LogP contribution is 2.67. The molecule has 2 N–H and O–H groups in total. The number of aliphatic hydroxyl groups is 2. The molecule has 136 valence electrons. The Balaban J connectivity index is 1.61. The van der Waals surface area contributed by atoms with Crippen molar-refractivity contribution in [2.75, 3.05) is 0 Å². The molecule has 4 fully saturated rings. The molecule has 9 atom stereocenters. The van der Waals surface area contributed by atoms with Crippen molar-refractivity contribution in [3.05, 3.63) is 0 Å². The third-order valence-corrected chi connectivity index (χ3v) is 9.30. The van der Waals surface area contributed by atoms with E-state index in [2.05, 4.69) is 13.8 Å². The number of carbonyl (C=O) groups excluding carboxylic acids is 1. The van der Waals surface area contributed by atoms with Gasteiger partial charge in [0.25, 0.3) is 0 Å². The maximum absolute atomic E-state index is 11.1. The van der Waals surface area contributed by atoms with Gasteiger partial charge in [0.2, 0.25) is 0 Å². The van der Waals surface area contributed by atoms with Crippen molar-refractivity contribution >= 4 is 6.29 Å². The summed E-state index contributed by atoms with van der Waals surface area (Å²) in [6.45, 7) is 4.87. The zero-order valence-corrected chi connectivity index (χ0v) is 15.3. The lowest BCUT2D eigenvalue weighted by Crippen LogP contribution is -2.58. The van der Waals surface area contributed by atoms with E-state index >= 15 is 0 Å². The van der Waals surface area contributed by atoms with Crippen molar-refractivity contribution in [1.29, 1.82) is 0 Å². The van der Waals surface area contributed by atoms with Crippen LogP contribution in [0.25, 0.3) is 0 Å². The van der Waals surface area contributed by atoms with E-state index in [9.17, 15) is 15.0 Å². The molecule has 0 amide bonds. The van der Waals surface area contributed by atoms with Gasteiger partial charge in [0.1, 0.15) is 6.29 Å². The first-order chi connectivity index (χ1) is 11.4. The summed E-state index contributed by atoms with van der Waals surface area (Å²) in [6, 6.07) is 0. The number of hydrogen-bond donors (Lipinski definition) is 2. The average Bonchev–Trinajstić information content (AvgIpc) is 2.89. The van der Waals surface area contributed by atoms with Gasteiger partial charge < -0.3 is 15.0 Å². The third kappa shape index (κ3) is 2.19. The van der Waals surface area contributed by atoms with Gasteiger partial charge in [-0.2, -0.15) is 0 Å². The second-order valence-electron chi connectivity index (χ2n) is 9.88. The van der Waals surface area contributed by atoms with Gasteiger partial charge in [0, 0.05) is 6.42 Å². The van der Waals surface area contributed by atoms with E-state index in [1.165, 1.54) is 32.1 Å². The molecule has 4 saturated carbocycles. The van der Waals surface area contributed by atoms with Crippen LogP contribution in [-0.2, 0) is 4.79 Å². The standard InChI is InChI=1S/C21H34O3/c1-20-10-7-16-14(15(20)5-3-13(20)9-12-22)4-6-17-19(24)18(23)8-11-21(16,17)2/h12-19,23-24H,3-11H2,1-2H3/t13-,14+,15+,16+,17+,18+,19+,20-,21-/m1/s1. The molecule has 0 aromatic carbocycles. The Hall–Kier alpha value is -0.410. The van der Waals surface area contributed by atoms with Crippen molar-refractivity contribution < 1.29 is 15.0 Å². The molecule has 0 aromatic heterocycles. The topological polar surface area (TPSA) is 57.5 Å². The first kappa shape index (κ1) is 17.0. The lowest BCUT2D eigenvalue weighted by molar-refractivity contribution is -0.173. The normalized spacial score (nSPS) is 56.9. The lowest BCUT2D eigenvalue weighted by Gasteiger charge is -2.61. The van der Waals surface area contributed by atoms with Crippen LogP contribution >= 0.6 is 0 Å². The molecule has 4 rings (SSSR count). The number of fused-ring (bicyclic) bond motifs is 5. The highest BCUT2D eigenvalue weighted by molar-refractivity contribution is 5.50. The Labute approximate surface area is 146 Å². The van der Waals surface area contributed by atoms with Gasteiger partial charge in [0.05, 0.1) is 12.2 Å². The molecule has 3 heteroatoms. The molecular formula is C21H34O3. The molecule has 24 heavy (non-hydrogen) atoms. The van der Waals surface area contributed by atoms with Crippen LogP contribution < -0.4 is 0 Å². The maximum atomic E-state index is 11.1. The van der Waals surface area contributed by atoms with E-state index < -0.39 is 12.2 Å². The van der Waals surface area contributed by atoms with Gasteiger partial charge in [-0.15, -0.1) is 0 Å². The van der Waals surface area contributed by atoms with E-state index in [-0.39, 0.29) is 11.3 Å². The van der Waals surface area contributed by atoms with Crippen molar-refractivity contribution in [2.45, 2.75) is 83.8 Å². The largest absolute Gasteiger partial charge is 0.390 e. The van der Waals surface area contributed by atoms with E-state index in [4.69, 9.17) is 0 Å². The summed E-state index contributed by atoms with van der Waals surface area (Å²) in [7, 11) is 0. The van der Waals surface area contributed by atoms with Crippen LogP contribution in [0.3, 0.4) is 0 Å². The summed E-state index contributed by atoms with van der Waals surface area (Å²) in [5.74, 6) is 3.10. The van der Waals surface area contributed by atoms with E-state index in [0.717, 1.165) is 43.8 Å². The summed E-state index contributed by atoms with van der Waals surface area (Å²) in [5.41, 5.74) is 0.559. The highest BCUT2D eigenvalue weighted by atomic mass is 16.3. The summed E-state index contributed by atoms with van der Waals surface area (Å²) in [5, 5.41) is 20.7. The molecule has 0 bridgehead atoms. The Morgan fingerprint density at radius 2 is 1.54 bits per heavy atom. The third-order valence-electron chi connectivity index (χ3n) is 9.30. The number of carbonyl (C=O) groups is 1. The Morgan fingerprint density at radius 3 is 2.29 bits per heavy atom. The Bertz CT molecular complexity index is 505. The Kier molecular flexibility index (Phi) is 4.12. The SMILES string of the molecule is C[C@]12CC[C@H](O)[C@@H](O)[C@@H]1CC[C@@H]1[C@@H]2CC[C@]2(C)[C@@H](CC=O)CC[C@@H]12. The number of aldehydes is 1. The summed E-state index contributed by atoms with van der Waals surface area (Å²) in [6.07, 6.45) is 9.97. The fraction of sp³-hybridized carbons (Fsp3) is 0.952. The van der Waals surface area contributed by atoms with Crippen LogP contribution in [0.5, 0.6) is 0 Å². The van der Waals surface area contributed by atoms with Crippen LogP contribution in [0.2, 0.25) is 0 Å². The number of rotatable bonds is 2. The number of aliphatic hydroxyl groups excluding tert-OH is 2. The highest BCUT2D eigenvalue weighted by Gasteiger charge is 2.61. The second kappa shape index (κ2) is 5.81. The summed E-state index contributed by atoms with van der Waals surface area (Å²) >= 11 is 0. The molecule has 0 spiro atoms. The van der Waals surface area contributed by atoms with E-state index in [1.54, 1.807) is 0 Å². The molecule has 0 heterocycles. The molecule has 4 aliphatic carbocycles. The van der Waals surface area contributed by atoms with Crippen LogP contribution in [-0.4, -0.2) is 28.7 Å². The summed E-state index contributed by atoms with van der Waals surface area (Å²) < 4.78 is 0. The monoisotopic (exact) mass is 334 g/mol. The summed E-state index contributed by atoms with van der Waals surface area (Å²) in [4.78, 5) is 11.1. The van der Waals surface area contributed by atoms with Gasteiger partial charge in [0.15, 0.2) is 0 Å². The van der Waals surface area contributed by atoms with Crippen LogP contribution in [0, 0.1) is 40.4 Å². The van der Waals surface area contributed by atoms with Crippen molar-refractivity contribution in [3.8, 4) is 0 Å². The minimum absolute atomic E-state index is 0.200. The quantitative estimate of drug-likeness (QED) is 0.759.